The van der Waals surface area contributed by atoms with E-state index in [1.807, 2.05) is 12.4 Å². The molecule has 1 spiro atoms. The quantitative estimate of drug-likeness (QED) is 0.943. The third-order valence-electron chi connectivity index (χ3n) is 5.29. The van der Waals surface area contributed by atoms with Gasteiger partial charge in [-0.05, 0) is 52.9 Å². The number of nitrogens with one attached hydrogen (secondary N) is 1. The molecule has 2 aromatic rings. The second kappa shape index (κ2) is 6.06. The summed E-state index contributed by atoms with van der Waals surface area (Å²) in [5, 5.41) is 7.67. The first-order valence-electron chi connectivity index (χ1n) is 8.20. The predicted octanol–water partition coefficient (Wildman–Crippen LogP) is 2.78. The second-order valence-corrected chi connectivity index (χ2v) is 7.43. The van der Waals surface area contributed by atoms with E-state index in [0.29, 0.717) is 6.42 Å². The molecule has 4 heterocycles. The number of likely N-dealkylation sites (tertiary alicyclic amines) is 1. The van der Waals surface area contributed by atoms with Crippen molar-refractivity contribution in [3.8, 4) is 0 Å². The number of nitrogens with zero attached hydrogens (tertiary/aromatic N) is 2. The van der Waals surface area contributed by atoms with E-state index in [0.717, 1.165) is 32.5 Å². The molecule has 4 nitrogen and oxygen atoms in total. The number of pyridine rings is 1. The number of rotatable bonds is 3. The van der Waals surface area contributed by atoms with Crippen LogP contribution in [0.4, 0.5) is 0 Å². The number of hydrogen-bond acceptors (Lipinski definition) is 4. The Bertz CT molecular complexity index is 663. The van der Waals surface area contributed by atoms with Crippen molar-refractivity contribution < 1.29 is 4.79 Å². The van der Waals surface area contributed by atoms with Crippen molar-refractivity contribution in [1.29, 1.82) is 0 Å². The number of hydrogen-bond donors (Lipinski definition) is 1. The lowest BCUT2D eigenvalue weighted by Gasteiger charge is -2.43. The van der Waals surface area contributed by atoms with E-state index in [2.05, 4.69) is 44.2 Å². The fourth-order valence-electron chi connectivity index (χ4n) is 4.05. The van der Waals surface area contributed by atoms with Gasteiger partial charge in [0.05, 0.1) is 0 Å². The van der Waals surface area contributed by atoms with Gasteiger partial charge in [-0.2, -0.15) is 11.3 Å². The van der Waals surface area contributed by atoms with Gasteiger partial charge in [-0.1, -0.05) is 0 Å². The second-order valence-electron chi connectivity index (χ2n) is 6.65. The molecule has 1 N–H and O–H groups in total. The zero-order valence-electron chi connectivity index (χ0n) is 13.1. The van der Waals surface area contributed by atoms with Crippen molar-refractivity contribution in [2.45, 2.75) is 37.3 Å². The van der Waals surface area contributed by atoms with Crippen molar-refractivity contribution in [1.82, 2.24) is 15.2 Å². The summed E-state index contributed by atoms with van der Waals surface area (Å²) in [6, 6.07) is 6.32. The molecule has 1 atom stereocenters. The zero-order valence-corrected chi connectivity index (χ0v) is 13.9. The summed E-state index contributed by atoms with van der Waals surface area (Å²) in [5.74, 6) is 0.472. The average molecular weight is 327 g/mol. The third-order valence-corrected chi connectivity index (χ3v) is 6.02. The first-order chi connectivity index (χ1) is 11.3. The summed E-state index contributed by atoms with van der Waals surface area (Å²) in [5.41, 5.74) is 2.57. The van der Waals surface area contributed by atoms with Gasteiger partial charge in [-0.25, -0.2) is 0 Å². The van der Waals surface area contributed by atoms with Crippen LogP contribution < -0.4 is 5.32 Å². The number of aromatic nitrogens is 1. The standard InChI is InChI=1S/C18H21N3OS/c22-17-11-16(15-1-6-19-7-2-15)18(20-17)4-8-21(9-5-18)12-14-3-10-23-13-14/h1-3,6-7,10,13,16H,4-5,8-9,11-12H2,(H,20,22)/t16-/m0/s1. The summed E-state index contributed by atoms with van der Waals surface area (Å²) in [7, 11) is 0. The van der Waals surface area contributed by atoms with E-state index in [9.17, 15) is 4.79 Å². The zero-order chi connectivity index (χ0) is 15.7. The van der Waals surface area contributed by atoms with Crippen LogP contribution >= 0.6 is 11.3 Å². The van der Waals surface area contributed by atoms with E-state index < -0.39 is 0 Å². The summed E-state index contributed by atoms with van der Waals surface area (Å²) in [6.07, 6.45) is 6.31. The van der Waals surface area contributed by atoms with Crippen molar-refractivity contribution in [3.05, 3.63) is 52.5 Å². The molecule has 0 saturated carbocycles. The summed E-state index contributed by atoms with van der Waals surface area (Å²) in [6.45, 7) is 3.10. The van der Waals surface area contributed by atoms with E-state index in [-0.39, 0.29) is 17.4 Å². The van der Waals surface area contributed by atoms with Gasteiger partial charge < -0.3 is 5.32 Å². The highest BCUT2D eigenvalue weighted by Crippen LogP contribution is 2.43. The van der Waals surface area contributed by atoms with Crippen LogP contribution in [0.1, 0.15) is 36.3 Å². The maximum atomic E-state index is 12.1. The van der Waals surface area contributed by atoms with Gasteiger partial charge >= 0.3 is 0 Å². The molecule has 2 aromatic heterocycles. The van der Waals surface area contributed by atoms with Gasteiger partial charge in [-0.15, -0.1) is 0 Å². The van der Waals surface area contributed by atoms with Crippen LogP contribution in [0.25, 0.3) is 0 Å². The molecule has 2 aliphatic rings. The predicted molar refractivity (Wildman–Crippen MR) is 91.3 cm³/mol. The molecule has 0 aliphatic carbocycles. The first kappa shape index (κ1) is 14.8. The number of amides is 1. The highest BCUT2D eigenvalue weighted by molar-refractivity contribution is 7.07. The van der Waals surface area contributed by atoms with E-state index in [4.69, 9.17) is 0 Å². The van der Waals surface area contributed by atoms with Gasteiger partial charge in [0.25, 0.3) is 0 Å². The lowest BCUT2D eigenvalue weighted by molar-refractivity contribution is -0.120. The first-order valence-corrected chi connectivity index (χ1v) is 9.14. The summed E-state index contributed by atoms with van der Waals surface area (Å²) < 4.78 is 0. The van der Waals surface area contributed by atoms with Gasteiger partial charge in [0.2, 0.25) is 5.91 Å². The molecule has 1 amide bonds. The molecular formula is C18H21N3OS. The van der Waals surface area contributed by atoms with Crippen LogP contribution in [0.15, 0.2) is 41.4 Å². The number of piperidine rings is 1. The minimum Gasteiger partial charge on any atom is -0.350 e. The molecule has 2 aliphatic heterocycles. The molecule has 0 unspecified atom stereocenters. The fraction of sp³-hybridized carbons (Fsp3) is 0.444. The highest BCUT2D eigenvalue weighted by atomic mass is 32.1. The lowest BCUT2D eigenvalue weighted by atomic mass is 9.74. The van der Waals surface area contributed by atoms with Gasteiger partial charge in [0, 0.05) is 49.9 Å². The molecule has 0 aromatic carbocycles. The molecule has 2 saturated heterocycles. The maximum Gasteiger partial charge on any atom is 0.221 e. The van der Waals surface area contributed by atoms with Crippen LogP contribution in [0.3, 0.4) is 0 Å². The Kier molecular flexibility index (Phi) is 3.91. The summed E-state index contributed by atoms with van der Waals surface area (Å²) in [4.78, 5) is 18.7. The molecule has 23 heavy (non-hydrogen) atoms. The Labute approximate surface area is 140 Å². The molecule has 120 valence electrons. The third kappa shape index (κ3) is 2.91. The van der Waals surface area contributed by atoms with Crippen LogP contribution in [0, 0.1) is 0 Å². The molecule has 0 radical (unpaired) electrons. The molecule has 5 heteroatoms. The van der Waals surface area contributed by atoms with Crippen LogP contribution in [0.5, 0.6) is 0 Å². The summed E-state index contributed by atoms with van der Waals surface area (Å²) >= 11 is 1.76. The minimum atomic E-state index is -0.0659. The van der Waals surface area contributed by atoms with Gasteiger partial charge in [0.15, 0.2) is 0 Å². The van der Waals surface area contributed by atoms with Crippen molar-refractivity contribution in [2.24, 2.45) is 0 Å². The Morgan fingerprint density at radius 2 is 2.04 bits per heavy atom. The van der Waals surface area contributed by atoms with Crippen molar-refractivity contribution in [2.75, 3.05) is 13.1 Å². The van der Waals surface area contributed by atoms with Crippen molar-refractivity contribution >= 4 is 17.2 Å². The Morgan fingerprint density at radius 1 is 1.26 bits per heavy atom. The molecule has 2 fully saturated rings. The van der Waals surface area contributed by atoms with Crippen LogP contribution in [-0.4, -0.2) is 34.4 Å². The van der Waals surface area contributed by atoms with E-state index >= 15 is 0 Å². The fourth-order valence-corrected chi connectivity index (χ4v) is 4.71. The number of carbonyl (C=O) groups excluding carboxylic acids is 1. The number of thiophene rings is 1. The van der Waals surface area contributed by atoms with Crippen LogP contribution in [-0.2, 0) is 11.3 Å². The SMILES string of the molecule is O=C1C[C@@H](c2ccncc2)C2(CCN(Cc3ccsc3)CC2)N1. The van der Waals surface area contributed by atoms with Crippen LogP contribution in [0.2, 0.25) is 0 Å². The van der Waals surface area contributed by atoms with E-state index in [1.54, 1.807) is 11.3 Å². The van der Waals surface area contributed by atoms with Gasteiger partial charge in [-0.3, -0.25) is 14.7 Å². The Hall–Kier alpha value is -1.72. The minimum absolute atomic E-state index is 0.0659. The van der Waals surface area contributed by atoms with E-state index in [1.165, 1.54) is 11.1 Å². The highest BCUT2D eigenvalue weighted by Gasteiger charge is 2.48. The largest absolute Gasteiger partial charge is 0.350 e. The molecular weight excluding hydrogens is 306 g/mol. The maximum absolute atomic E-state index is 12.1. The average Bonchev–Trinajstić information content (AvgIpc) is 3.19. The molecule has 4 rings (SSSR count). The molecule has 0 bridgehead atoms. The smallest absolute Gasteiger partial charge is 0.221 e. The lowest BCUT2D eigenvalue weighted by Crippen LogP contribution is -2.53. The Balaban J connectivity index is 1.49. The monoisotopic (exact) mass is 327 g/mol. The number of carbonyl (C=O) groups is 1. The van der Waals surface area contributed by atoms with Gasteiger partial charge in [0.1, 0.15) is 0 Å². The van der Waals surface area contributed by atoms with Crippen molar-refractivity contribution in [3.63, 3.8) is 0 Å². The normalized spacial score (nSPS) is 24.0. The topological polar surface area (TPSA) is 45.2 Å². The Morgan fingerprint density at radius 3 is 2.74 bits per heavy atom.